The van der Waals surface area contributed by atoms with Crippen LogP contribution in [-0.2, 0) is 0 Å². The van der Waals surface area contributed by atoms with Crippen molar-refractivity contribution in [2.45, 2.75) is 32.7 Å². The number of likely N-dealkylation sites (tertiary alicyclic amines) is 1. The molecule has 2 nitrogen and oxygen atoms in total. The van der Waals surface area contributed by atoms with E-state index >= 15 is 0 Å². The van der Waals surface area contributed by atoms with Gasteiger partial charge in [-0.1, -0.05) is 47.4 Å². The van der Waals surface area contributed by atoms with E-state index in [-0.39, 0.29) is 0 Å². The van der Waals surface area contributed by atoms with Gasteiger partial charge in [0.2, 0.25) is 0 Å². The molecule has 112 valence electrons. The molecule has 1 saturated heterocycles. The van der Waals surface area contributed by atoms with E-state index in [0.717, 1.165) is 22.5 Å². The largest absolute Gasteiger partial charge is 0.313 e. The monoisotopic (exact) mass is 358 g/mol. The Hall–Kier alpha value is -0.0900. The van der Waals surface area contributed by atoms with Crippen molar-refractivity contribution in [2.75, 3.05) is 26.7 Å². The molecule has 1 heterocycles. The van der Waals surface area contributed by atoms with Crippen molar-refractivity contribution in [3.05, 3.63) is 33.3 Å². The van der Waals surface area contributed by atoms with Crippen LogP contribution in [0.1, 0.15) is 38.3 Å². The Kier molecular flexibility index (Phi) is 5.52. The van der Waals surface area contributed by atoms with Gasteiger partial charge in [0.05, 0.1) is 0 Å². The minimum absolute atomic E-state index is 0.319. The first kappa shape index (κ1) is 16.3. The van der Waals surface area contributed by atoms with Crippen LogP contribution in [0, 0.1) is 5.41 Å². The average Bonchev–Trinajstić information content (AvgIpc) is 2.72. The van der Waals surface area contributed by atoms with Crippen molar-refractivity contribution < 1.29 is 0 Å². The van der Waals surface area contributed by atoms with Crippen LogP contribution in [0.25, 0.3) is 0 Å². The van der Waals surface area contributed by atoms with E-state index in [4.69, 9.17) is 11.6 Å². The number of hydrogen-bond donors (Lipinski definition) is 1. The van der Waals surface area contributed by atoms with E-state index in [0.29, 0.717) is 11.5 Å². The highest BCUT2D eigenvalue weighted by Gasteiger charge is 2.29. The fourth-order valence-electron chi connectivity index (χ4n) is 2.97. The standard InChI is InChI=1S/C16H24BrClN2/c1-16(2)7-9-20(11-16)8-6-15(19-3)13-5-4-12(17)10-14(13)18/h4-5,10,15,19H,6-9,11H2,1-3H3. The van der Waals surface area contributed by atoms with Crippen LogP contribution in [0.2, 0.25) is 5.02 Å². The van der Waals surface area contributed by atoms with Crippen molar-refractivity contribution in [3.63, 3.8) is 0 Å². The Morgan fingerprint density at radius 1 is 1.45 bits per heavy atom. The maximum absolute atomic E-state index is 6.36. The van der Waals surface area contributed by atoms with Crippen LogP contribution < -0.4 is 5.32 Å². The number of nitrogens with zero attached hydrogens (tertiary/aromatic N) is 1. The Morgan fingerprint density at radius 3 is 2.75 bits per heavy atom. The molecule has 4 heteroatoms. The number of benzene rings is 1. The summed E-state index contributed by atoms with van der Waals surface area (Å²) >= 11 is 9.82. The number of nitrogens with one attached hydrogen (secondary N) is 1. The molecule has 0 radical (unpaired) electrons. The zero-order chi connectivity index (χ0) is 14.8. The molecule has 0 saturated carbocycles. The lowest BCUT2D eigenvalue weighted by molar-refractivity contribution is 0.276. The van der Waals surface area contributed by atoms with Gasteiger partial charge < -0.3 is 10.2 Å². The van der Waals surface area contributed by atoms with Gasteiger partial charge in [0.15, 0.2) is 0 Å². The van der Waals surface area contributed by atoms with Gasteiger partial charge in [0.1, 0.15) is 0 Å². The van der Waals surface area contributed by atoms with Gasteiger partial charge in [-0.05, 0) is 56.1 Å². The number of hydrogen-bond acceptors (Lipinski definition) is 2. The highest BCUT2D eigenvalue weighted by molar-refractivity contribution is 9.10. The summed E-state index contributed by atoms with van der Waals surface area (Å²) in [6.45, 7) is 8.26. The molecule has 1 aromatic carbocycles. The summed E-state index contributed by atoms with van der Waals surface area (Å²) in [6, 6.07) is 6.46. The van der Waals surface area contributed by atoms with Crippen LogP contribution in [-0.4, -0.2) is 31.6 Å². The number of rotatable bonds is 5. The summed E-state index contributed by atoms with van der Waals surface area (Å²) in [4.78, 5) is 2.57. The third-order valence-corrected chi connectivity index (χ3v) is 5.00. The maximum atomic E-state index is 6.36. The first-order valence-corrected chi connectivity index (χ1v) is 8.43. The molecule has 0 spiro atoms. The quantitative estimate of drug-likeness (QED) is 0.833. The van der Waals surface area contributed by atoms with Crippen molar-refractivity contribution in [1.82, 2.24) is 10.2 Å². The average molecular weight is 360 g/mol. The first-order chi connectivity index (χ1) is 9.41. The van der Waals surface area contributed by atoms with E-state index in [9.17, 15) is 0 Å². The van der Waals surface area contributed by atoms with Crippen LogP contribution in [0.4, 0.5) is 0 Å². The summed E-state index contributed by atoms with van der Waals surface area (Å²) in [5.74, 6) is 0. The Morgan fingerprint density at radius 2 is 2.20 bits per heavy atom. The van der Waals surface area contributed by atoms with Crippen molar-refractivity contribution in [1.29, 1.82) is 0 Å². The third kappa shape index (κ3) is 4.20. The Balaban J connectivity index is 1.96. The molecule has 1 aromatic rings. The Labute approximate surface area is 136 Å². The van der Waals surface area contributed by atoms with Gasteiger partial charge >= 0.3 is 0 Å². The van der Waals surface area contributed by atoms with E-state index in [1.54, 1.807) is 0 Å². The minimum atomic E-state index is 0.319. The summed E-state index contributed by atoms with van der Waals surface area (Å²) in [5.41, 5.74) is 1.67. The first-order valence-electron chi connectivity index (χ1n) is 7.26. The van der Waals surface area contributed by atoms with E-state index in [1.165, 1.54) is 25.1 Å². The zero-order valence-electron chi connectivity index (χ0n) is 12.5. The van der Waals surface area contributed by atoms with Gasteiger partial charge in [-0.2, -0.15) is 0 Å². The molecule has 2 rings (SSSR count). The summed E-state index contributed by atoms with van der Waals surface area (Å²) in [7, 11) is 2.01. The highest BCUT2D eigenvalue weighted by Crippen LogP contribution is 2.31. The second kappa shape index (κ2) is 6.78. The molecular weight excluding hydrogens is 336 g/mol. The van der Waals surface area contributed by atoms with Gasteiger partial charge in [-0.15, -0.1) is 0 Å². The predicted octanol–water partition coefficient (Wildman–Crippen LogP) is 4.49. The van der Waals surface area contributed by atoms with Crippen LogP contribution >= 0.6 is 27.5 Å². The highest BCUT2D eigenvalue weighted by atomic mass is 79.9. The second-order valence-corrected chi connectivity index (χ2v) is 7.81. The van der Waals surface area contributed by atoms with Gasteiger partial charge in [-0.3, -0.25) is 0 Å². The predicted molar refractivity (Wildman–Crippen MR) is 90.4 cm³/mol. The van der Waals surface area contributed by atoms with Gasteiger partial charge in [0, 0.05) is 22.1 Å². The minimum Gasteiger partial charge on any atom is -0.313 e. The molecule has 1 atom stereocenters. The van der Waals surface area contributed by atoms with Crippen molar-refractivity contribution in [3.8, 4) is 0 Å². The molecule has 0 aliphatic carbocycles. The molecule has 1 fully saturated rings. The molecule has 1 unspecified atom stereocenters. The molecule has 20 heavy (non-hydrogen) atoms. The van der Waals surface area contributed by atoms with E-state index in [2.05, 4.69) is 52.1 Å². The molecule has 0 amide bonds. The summed E-state index contributed by atoms with van der Waals surface area (Å²) in [6.07, 6.45) is 2.39. The maximum Gasteiger partial charge on any atom is 0.0465 e. The summed E-state index contributed by atoms with van der Waals surface area (Å²) in [5, 5.41) is 4.23. The van der Waals surface area contributed by atoms with Crippen molar-refractivity contribution >= 4 is 27.5 Å². The van der Waals surface area contributed by atoms with Gasteiger partial charge in [0.25, 0.3) is 0 Å². The van der Waals surface area contributed by atoms with E-state index < -0.39 is 0 Å². The fourth-order valence-corrected chi connectivity index (χ4v) is 3.77. The van der Waals surface area contributed by atoms with Crippen LogP contribution in [0.5, 0.6) is 0 Å². The fraction of sp³-hybridized carbons (Fsp3) is 0.625. The van der Waals surface area contributed by atoms with Crippen LogP contribution in [0.3, 0.4) is 0 Å². The number of halogens is 2. The van der Waals surface area contributed by atoms with Crippen LogP contribution in [0.15, 0.2) is 22.7 Å². The van der Waals surface area contributed by atoms with Crippen molar-refractivity contribution in [2.24, 2.45) is 5.41 Å². The van der Waals surface area contributed by atoms with Gasteiger partial charge in [-0.25, -0.2) is 0 Å². The molecule has 0 bridgehead atoms. The lowest BCUT2D eigenvalue weighted by Crippen LogP contribution is -2.28. The third-order valence-electron chi connectivity index (χ3n) is 4.18. The molecule has 1 N–H and O–H groups in total. The van der Waals surface area contributed by atoms with E-state index in [1.807, 2.05) is 13.1 Å². The zero-order valence-corrected chi connectivity index (χ0v) is 14.9. The molecular formula is C16H24BrClN2. The molecule has 1 aliphatic heterocycles. The SMILES string of the molecule is CNC(CCN1CCC(C)(C)C1)c1ccc(Br)cc1Cl. The molecule has 1 aliphatic rings. The normalized spacial score (nSPS) is 20.2. The lowest BCUT2D eigenvalue weighted by atomic mass is 9.93. The topological polar surface area (TPSA) is 15.3 Å². The smallest absolute Gasteiger partial charge is 0.0465 e. The second-order valence-electron chi connectivity index (χ2n) is 6.49. The summed E-state index contributed by atoms with van der Waals surface area (Å²) < 4.78 is 1.03. The molecule has 0 aromatic heterocycles. The lowest BCUT2D eigenvalue weighted by Gasteiger charge is -2.23. The Bertz CT molecular complexity index is 462.